The maximum atomic E-state index is 6.27. The van der Waals surface area contributed by atoms with Crippen LogP contribution in [0.3, 0.4) is 0 Å². The molecule has 0 amide bonds. The lowest BCUT2D eigenvalue weighted by Crippen LogP contribution is -2.33. The van der Waals surface area contributed by atoms with Gasteiger partial charge in [-0.25, -0.2) is 10.0 Å². The molecule has 2 aliphatic heterocycles. The molecule has 2 heterocycles. The Morgan fingerprint density at radius 1 is 1.17 bits per heavy atom. The van der Waals surface area contributed by atoms with Crippen molar-refractivity contribution in [2.75, 3.05) is 32.1 Å². The summed E-state index contributed by atoms with van der Waals surface area (Å²) in [6.45, 7) is 12.8. The van der Waals surface area contributed by atoms with Crippen LogP contribution in [0.25, 0.3) is 0 Å². The average molecular weight is 568 g/mol. The number of benzene rings is 2. The van der Waals surface area contributed by atoms with Gasteiger partial charge >= 0.3 is 0 Å². The van der Waals surface area contributed by atoms with Crippen LogP contribution in [-0.4, -0.2) is 54.6 Å². The van der Waals surface area contributed by atoms with E-state index in [9.17, 15) is 0 Å². The number of hydrogen-bond donors (Lipinski definition) is 2. The van der Waals surface area contributed by atoms with Crippen LogP contribution in [0.15, 0.2) is 88.6 Å². The Morgan fingerprint density at radius 2 is 2.02 bits per heavy atom. The number of methoxy groups -OCH3 is 1. The first-order valence-corrected chi connectivity index (χ1v) is 14.6. The zero-order chi connectivity index (χ0) is 29.9. The van der Waals surface area contributed by atoms with Crippen molar-refractivity contribution in [2.24, 2.45) is 10.1 Å². The lowest BCUT2D eigenvalue weighted by molar-refractivity contribution is -0.439. The second-order valence-electron chi connectivity index (χ2n) is 10.0. The van der Waals surface area contributed by atoms with E-state index in [1.54, 1.807) is 13.3 Å². The normalized spacial score (nSPS) is 16.8. The zero-order valence-corrected chi connectivity index (χ0v) is 25.6. The standard InChI is InChI=1S/C34H43N6O2/c1-7-10-11-17-36-34(32-25(4)12-14-30(33(32)41-6)39-21-18-35-19-22-39)38-27-13-15-31(26(5)23-27)42-29-16-20-40(37-9-3)28(8-2)24-29/h8-9,11-17,20-21,23-24,35H,7,10,18-19,22H2,1-6H3,(H,36,38)/q+1/b17-11+,28-8?,37-9-. The summed E-state index contributed by atoms with van der Waals surface area (Å²) in [6.07, 6.45) is 17.7. The molecular formula is C34H43N6O2+. The molecule has 0 saturated heterocycles. The Balaban J connectivity index is 1.65. The molecule has 2 aliphatic rings. The Hall–Kier alpha value is -4.43. The van der Waals surface area contributed by atoms with E-state index in [0.29, 0.717) is 0 Å². The Morgan fingerprint density at radius 3 is 2.71 bits per heavy atom. The maximum absolute atomic E-state index is 6.27. The molecule has 220 valence electrons. The van der Waals surface area contributed by atoms with Crippen LogP contribution in [0.5, 0.6) is 11.5 Å². The molecule has 0 atom stereocenters. The van der Waals surface area contributed by atoms with Gasteiger partial charge in [-0.05, 0) is 69.5 Å². The summed E-state index contributed by atoms with van der Waals surface area (Å²) in [5, 5.41) is 13.1. The minimum atomic E-state index is 0.731. The highest BCUT2D eigenvalue weighted by Crippen LogP contribution is 2.35. The molecule has 8 nitrogen and oxygen atoms in total. The van der Waals surface area contributed by atoms with Crippen LogP contribution in [0.1, 0.15) is 50.3 Å². The van der Waals surface area contributed by atoms with Crippen molar-refractivity contribution < 1.29 is 14.0 Å². The van der Waals surface area contributed by atoms with Crippen LogP contribution in [0.4, 0.5) is 11.4 Å². The number of nitrogens with zero attached hydrogens (tertiary/aromatic N) is 4. The average Bonchev–Trinajstić information content (AvgIpc) is 3.01. The lowest BCUT2D eigenvalue weighted by atomic mass is 10.0. The Labute approximate surface area is 250 Å². The molecule has 0 aliphatic carbocycles. The van der Waals surface area contributed by atoms with Gasteiger partial charge in [0.1, 0.15) is 17.3 Å². The van der Waals surface area contributed by atoms with E-state index in [4.69, 9.17) is 14.5 Å². The van der Waals surface area contributed by atoms with Gasteiger partial charge in [0.2, 0.25) is 11.4 Å². The second-order valence-corrected chi connectivity index (χ2v) is 10.0. The van der Waals surface area contributed by atoms with Crippen molar-refractivity contribution in [1.29, 1.82) is 0 Å². The summed E-state index contributed by atoms with van der Waals surface area (Å²) in [4.78, 5) is 4.90. The van der Waals surface area contributed by atoms with Gasteiger partial charge in [-0.1, -0.05) is 31.6 Å². The van der Waals surface area contributed by atoms with Crippen LogP contribution < -0.4 is 20.1 Å². The van der Waals surface area contributed by atoms with Gasteiger partial charge < -0.3 is 20.1 Å². The molecule has 0 saturated carbocycles. The highest BCUT2D eigenvalue weighted by Gasteiger charge is 2.25. The van der Waals surface area contributed by atoms with Gasteiger partial charge in [0.15, 0.2) is 12.8 Å². The summed E-state index contributed by atoms with van der Waals surface area (Å²) in [7, 11) is 1.73. The van der Waals surface area contributed by atoms with Crippen molar-refractivity contribution in [1.82, 2.24) is 10.3 Å². The fraction of sp³-hybridized carbons (Fsp3) is 0.324. The lowest BCUT2D eigenvalue weighted by Gasteiger charge is -2.21. The van der Waals surface area contributed by atoms with Crippen molar-refractivity contribution in [2.45, 2.75) is 47.5 Å². The number of aliphatic imine (C=N–C) groups is 1. The van der Waals surface area contributed by atoms with Crippen molar-refractivity contribution in [3.05, 3.63) is 95.2 Å². The van der Waals surface area contributed by atoms with E-state index in [1.807, 2.05) is 68.5 Å². The summed E-state index contributed by atoms with van der Waals surface area (Å²) < 4.78 is 14.6. The van der Waals surface area contributed by atoms with E-state index in [-0.39, 0.29) is 0 Å². The minimum Gasteiger partial charge on any atom is -0.490 e. The number of nitrogens with one attached hydrogen (secondary N) is 2. The van der Waals surface area contributed by atoms with E-state index in [2.05, 4.69) is 64.6 Å². The molecule has 0 spiro atoms. The molecule has 4 rings (SSSR count). The summed E-state index contributed by atoms with van der Waals surface area (Å²) >= 11 is 0. The predicted molar refractivity (Wildman–Crippen MR) is 174 cm³/mol. The molecule has 0 aromatic heterocycles. The van der Waals surface area contributed by atoms with Crippen molar-refractivity contribution in [3.63, 3.8) is 0 Å². The molecule has 2 aromatic carbocycles. The number of rotatable bonds is 10. The Bertz CT molecular complexity index is 1480. The van der Waals surface area contributed by atoms with Crippen molar-refractivity contribution >= 4 is 29.6 Å². The monoisotopic (exact) mass is 567 g/mol. The Kier molecular flexibility index (Phi) is 10.9. The van der Waals surface area contributed by atoms with E-state index in [1.165, 1.54) is 0 Å². The molecule has 0 unspecified atom stereocenters. The molecule has 0 fully saturated rings. The summed E-state index contributed by atoms with van der Waals surface area (Å²) in [5.74, 6) is 3.07. The number of ether oxygens (including phenoxy) is 2. The smallest absolute Gasteiger partial charge is 0.248 e. The van der Waals surface area contributed by atoms with Gasteiger partial charge in [-0.15, -0.1) is 0 Å². The molecule has 2 N–H and O–H groups in total. The third kappa shape index (κ3) is 7.44. The highest BCUT2D eigenvalue weighted by molar-refractivity contribution is 6.12. The topological polar surface area (TPSA) is 73.5 Å². The SMILES string of the molecule is CC=C1C=C(Oc2ccc(NC(=N/C=C/CCC)c3c(C)ccc([N+]4=CCNCC4)c3OC)cc2C)C=CN1/N=C\C. The fourth-order valence-corrected chi connectivity index (χ4v) is 4.82. The quantitative estimate of drug-likeness (QED) is 0.188. The highest BCUT2D eigenvalue weighted by atomic mass is 16.5. The number of hydrogen-bond acceptors (Lipinski definition) is 6. The molecule has 2 aromatic rings. The van der Waals surface area contributed by atoms with Gasteiger partial charge in [-0.3, -0.25) is 0 Å². The molecule has 0 radical (unpaired) electrons. The predicted octanol–water partition coefficient (Wildman–Crippen LogP) is 6.80. The molecule has 42 heavy (non-hydrogen) atoms. The first-order chi connectivity index (χ1) is 20.5. The third-order valence-electron chi connectivity index (χ3n) is 6.98. The minimum absolute atomic E-state index is 0.731. The van der Waals surface area contributed by atoms with E-state index < -0.39 is 0 Å². The first-order valence-electron chi connectivity index (χ1n) is 14.6. The third-order valence-corrected chi connectivity index (χ3v) is 6.98. The van der Waals surface area contributed by atoms with Gasteiger partial charge in [0, 0.05) is 36.4 Å². The van der Waals surface area contributed by atoms with Gasteiger partial charge in [-0.2, -0.15) is 9.68 Å². The number of hydrazone groups is 1. The zero-order valence-electron chi connectivity index (χ0n) is 25.6. The maximum Gasteiger partial charge on any atom is 0.248 e. The van der Waals surface area contributed by atoms with Crippen molar-refractivity contribution in [3.8, 4) is 11.5 Å². The number of amidine groups is 1. The van der Waals surface area contributed by atoms with Crippen LogP contribution in [-0.2, 0) is 0 Å². The van der Waals surface area contributed by atoms with E-state index >= 15 is 0 Å². The molecule has 8 heteroatoms. The molecule has 0 bridgehead atoms. The van der Waals surface area contributed by atoms with Crippen LogP contribution >= 0.6 is 0 Å². The van der Waals surface area contributed by atoms with E-state index in [0.717, 1.165) is 89.3 Å². The fourth-order valence-electron chi connectivity index (χ4n) is 4.82. The van der Waals surface area contributed by atoms with Crippen LogP contribution in [0, 0.1) is 13.8 Å². The van der Waals surface area contributed by atoms with Crippen LogP contribution in [0.2, 0.25) is 0 Å². The number of unbranched alkanes of at least 4 members (excludes halogenated alkanes) is 1. The van der Waals surface area contributed by atoms with Gasteiger partial charge in [0.25, 0.3) is 0 Å². The second kappa shape index (κ2) is 15.0. The number of allylic oxidation sites excluding steroid dienone is 4. The summed E-state index contributed by atoms with van der Waals surface area (Å²) in [5.41, 5.74) is 5.91. The summed E-state index contributed by atoms with van der Waals surface area (Å²) in [6, 6.07) is 10.3. The number of anilines is 1. The first kappa shape index (κ1) is 30.5. The largest absolute Gasteiger partial charge is 0.490 e. The molecular weight excluding hydrogens is 524 g/mol. The number of aryl methyl sites for hydroxylation is 2. The van der Waals surface area contributed by atoms with Gasteiger partial charge in [0.05, 0.1) is 31.5 Å².